The molecule has 0 aliphatic carbocycles. The fourth-order valence-corrected chi connectivity index (χ4v) is 9.53. The van der Waals surface area contributed by atoms with E-state index in [1.165, 1.54) is 128 Å². The molecule has 80 heavy (non-hydrogen) atoms. The van der Waals surface area contributed by atoms with Crippen molar-refractivity contribution in [3.63, 3.8) is 0 Å². The average molecular weight is 1140 g/mol. The maximum absolute atomic E-state index is 12.8. The zero-order valence-electron chi connectivity index (χ0n) is 52.3. The van der Waals surface area contributed by atoms with E-state index in [1.807, 2.05) is 21.1 Å². The molecule has 0 rings (SSSR count). The van der Waals surface area contributed by atoms with Crippen LogP contribution in [-0.2, 0) is 32.7 Å². The fraction of sp³-hybridized carbons (Fsp3) is 0.714. The van der Waals surface area contributed by atoms with E-state index in [1.54, 1.807) is 0 Å². The minimum absolute atomic E-state index is 0.0281. The van der Waals surface area contributed by atoms with E-state index in [4.69, 9.17) is 18.5 Å². The second-order valence-electron chi connectivity index (χ2n) is 22.8. The predicted octanol–water partition coefficient (Wildman–Crippen LogP) is 20.9. The number of nitrogens with zero attached hydrogens (tertiary/aromatic N) is 1. The van der Waals surface area contributed by atoms with Crippen LogP contribution in [0.15, 0.2) is 109 Å². The van der Waals surface area contributed by atoms with Crippen molar-refractivity contribution < 1.29 is 42.1 Å². The first-order valence-electron chi connectivity index (χ1n) is 32.6. The van der Waals surface area contributed by atoms with Crippen LogP contribution in [0.5, 0.6) is 0 Å². The zero-order valence-corrected chi connectivity index (χ0v) is 53.2. The van der Waals surface area contributed by atoms with Crippen LogP contribution in [0.1, 0.15) is 271 Å². The zero-order chi connectivity index (χ0) is 58.4. The number of carbonyl (C=O) groups is 2. The molecule has 9 nitrogen and oxygen atoms in total. The third kappa shape index (κ3) is 63.8. The van der Waals surface area contributed by atoms with Gasteiger partial charge in [-0.05, 0) is 103 Å². The maximum Gasteiger partial charge on any atom is 0.472 e. The number of quaternary nitrogens is 1. The molecule has 0 amide bonds. The minimum Gasteiger partial charge on any atom is -0.462 e. The molecule has 0 saturated heterocycles. The van der Waals surface area contributed by atoms with E-state index in [-0.39, 0.29) is 32.0 Å². The number of ether oxygens (including phenoxy) is 2. The van der Waals surface area contributed by atoms with Crippen molar-refractivity contribution in [3.05, 3.63) is 109 Å². The van der Waals surface area contributed by atoms with Crippen LogP contribution in [0.4, 0.5) is 0 Å². The number of hydrogen-bond acceptors (Lipinski definition) is 7. The van der Waals surface area contributed by atoms with E-state index < -0.39 is 26.5 Å². The SMILES string of the molecule is CC/C=C\C/C=C\C/C=C\C/C=C\C/C=C\C/C=C\C/C=C\C/C=C\CCCCCCCCCCCCCCCCCCC(=O)OC(COC(=O)CCCCCCC/C=C\CCCCCCCC)COP(=O)(O)OCC[N+](C)(C)C. The number of hydrogen-bond donors (Lipinski definition) is 1. The van der Waals surface area contributed by atoms with Gasteiger partial charge in [-0.1, -0.05) is 264 Å². The number of rotatable bonds is 59. The first-order chi connectivity index (χ1) is 39.0. The quantitative estimate of drug-likeness (QED) is 0.0211. The van der Waals surface area contributed by atoms with E-state index in [0.29, 0.717) is 17.4 Å². The molecule has 460 valence electrons. The Bertz CT molecular complexity index is 1720. The highest BCUT2D eigenvalue weighted by Gasteiger charge is 2.27. The van der Waals surface area contributed by atoms with Crippen molar-refractivity contribution in [1.82, 2.24) is 0 Å². The molecule has 0 aromatic heterocycles. The summed E-state index contributed by atoms with van der Waals surface area (Å²) in [6.07, 6.45) is 84.7. The molecule has 0 saturated carbocycles. The predicted molar refractivity (Wildman–Crippen MR) is 344 cm³/mol. The van der Waals surface area contributed by atoms with Gasteiger partial charge in [0, 0.05) is 12.8 Å². The van der Waals surface area contributed by atoms with E-state index >= 15 is 0 Å². The Labute approximate surface area is 493 Å². The van der Waals surface area contributed by atoms with Crippen molar-refractivity contribution in [2.45, 2.75) is 277 Å². The molecule has 10 heteroatoms. The molecule has 2 unspecified atom stereocenters. The van der Waals surface area contributed by atoms with Gasteiger partial charge in [0.05, 0.1) is 27.7 Å². The molecule has 0 aromatic carbocycles. The van der Waals surface area contributed by atoms with Crippen LogP contribution in [0, 0.1) is 0 Å². The van der Waals surface area contributed by atoms with E-state index in [0.717, 1.165) is 109 Å². The number of phosphoric ester groups is 1. The van der Waals surface area contributed by atoms with Crippen molar-refractivity contribution in [2.24, 2.45) is 0 Å². The second-order valence-corrected chi connectivity index (χ2v) is 24.2. The molecular formula is C70H123NO8P+. The number of esters is 2. The Kier molecular flexibility index (Phi) is 57.8. The molecule has 0 aliphatic heterocycles. The molecule has 2 atom stereocenters. The lowest BCUT2D eigenvalue weighted by Crippen LogP contribution is -2.37. The normalized spacial score (nSPS) is 13.9. The number of phosphoric acid groups is 1. The maximum atomic E-state index is 12.8. The summed E-state index contributed by atoms with van der Waals surface area (Å²) in [6.45, 7) is 4.31. The van der Waals surface area contributed by atoms with Gasteiger partial charge in [-0.3, -0.25) is 18.6 Å². The van der Waals surface area contributed by atoms with E-state index in [9.17, 15) is 19.0 Å². The third-order valence-corrected chi connectivity index (χ3v) is 14.8. The molecule has 0 aliphatic rings. The topological polar surface area (TPSA) is 108 Å². The average Bonchev–Trinajstić information content (AvgIpc) is 3.42. The standard InChI is InChI=1S/C70H122NO8P/c1-6-8-10-12-14-16-18-20-22-23-24-25-26-27-28-29-30-31-32-33-34-35-36-37-38-39-40-41-42-43-44-45-46-47-49-51-53-55-57-59-61-63-70(73)79-68(67-78-80(74,75)77-65-64-71(3,4)5)66-76-69(72)62-60-58-56-54-52-50-48-21-19-17-15-13-11-9-7-2/h8,10,14,16,20-22,24-25,27-28,30-31,33-34,36-37,48,68H,6-7,9,11-13,15,17-19,23,26,29,32,35,38-47,49-67H2,1-5H3/p+1/b10-8-,16-14-,22-20-,25-24-,28-27-,31-30-,34-33-,37-36-,48-21-. The Morgan fingerprint density at radius 3 is 1.07 bits per heavy atom. The number of allylic oxidation sites excluding steroid dienone is 18. The summed E-state index contributed by atoms with van der Waals surface area (Å²) >= 11 is 0. The second kappa shape index (κ2) is 60.3. The molecular weight excluding hydrogens is 1010 g/mol. The summed E-state index contributed by atoms with van der Waals surface area (Å²) in [6, 6.07) is 0. The van der Waals surface area contributed by atoms with Crippen LogP contribution < -0.4 is 0 Å². The first-order valence-corrected chi connectivity index (χ1v) is 34.1. The molecule has 0 spiro atoms. The lowest BCUT2D eigenvalue weighted by Gasteiger charge is -2.24. The smallest absolute Gasteiger partial charge is 0.462 e. The highest BCUT2D eigenvalue weighted by molar-refractivity contribution is 7.47. The molecule has 0 heterocycles. The number of likely N-dealkylation sites (N-methyl/N-ethyl adjacent to an activating group) is 1. The van der Waals surface area contributed by atoms with Crippen molar-refractivity contribution in [3.8, 4) is 0 Å². The third-order valence-electron chi connectivity index (χ3n) is 13.8. The molecule has 0 fully saturated rings. The monoisotopic (exact) mass is 1140 g/mol. The van der Waals surface area contributed by atoms with E-state index in [2.05, 4.69) is 123 Å². The van der Waals surface area contributed by atoms with Crippen LogP contribution in [0.2, 0.25) is 0 Å². The summed E-state index contributed by atoms with van der Waals surface area (Å²) in [5.74, 6) is -0.804. The van der Waals surface area contributed by atoms with Gasteiger partial charge < -0.3 is 18.9 Å². The van der Waals surface area contributed by atoms with Gasteiger partial charge in [-0.2, -0.15) is 0 Å². The van der Waals surface area contributed by atoms with Gasteiger partial charge in [-0.25, -0.2) is 4.57 Å². The van der Waals surface area contributed by atoms with Crippen LogP contribution in [0.3, 0.4) is 0 Å². The largest absolute Gasteiger partial charge is 0.472 e. The summed E-state index contributed by atoms with van der Waals surface area (Å²) in [7, 11) is 1.47. The number of unbranched alkanes of at least 4 members (excludes halogenated alkanes) is 27. The Balaban J connectivity index is 3.99. The minimum atomic E-state index is -4.39. The van der Waals surface area contributed by atoms with Gasteiger partial charge in [-0.15, -0.1) is 0 Å². The van der Waals surface area contributed by atoms with Gasteiger partial charge in [0.1, 0.15) is 19.8 Å². The van der Waals surface area contributed by atoms with Crippen molar-refractivity contribution in [1.29, 1.82) is 0 Å². The van der Waals surface area contributed by atoms with Gasteiger partial charge in [0.2, 0.25) is 0 Å². The molecule has 1 N–H and O–H groups in total. The molecule has 0 bridgehead atoms. The molecule has 0 radical (unpaired) electrons. The summed E-state index contributed by atoms with van der Waals surface area (Å²) in [5, 5.41) is 0. The molecule has 0 aromatic rings. The Morgan fingerprint density at radius 1 is 0.400 bits per heavy atom. The Morgan fingerprint density at radius 2 is 0.713 bits per heavy atom. The lowest BCUT2D eigenvalue weighted by atomic mass is 10.0. The van der Waals surface area contributed by atoms with Crippen molar-refractivity contribution in [2.75, 3.05) is 47.5 Å². The van der Waals surface area contributed by atoms with Crippen LogP contribution in [-0.4, -0.2) is 74.9 Å². The summed E-state index contributed by atoms with van der Waals surface area (Å²) in [4.78, 5) is 35.7. The fourth-order valence-electron chi connectivity index (χ4n) is 8.79. The highest BCUT2D eigenvalue weighted by atomic mass is 31.2. The van der Waals surface area contributed by atoms with Crippen LogP contribution in [0.25, 0.3) is 0 Å². The Hall–Kier alpha value is -3.33. The summed E-state index contributed by atoms with van der Waals surface area (Å²) < 4.78 is 34.6. The summed E-state index contributed by atoms with van der Waals surface area (Å²) in [5.41, 5.74) is 0. The van der Waals surface area contributed by atoms with Gasteiger partial charge >= 0.3 is 19.8 Å². The van der Waals surface area contributed by atoms with Crippen molar-refractivity contribution >= 4 is 19.8 Å². The highest BCUT2D eigenvalue weighted by Crippen LogP contribution is 2.43. The number of carbonyl (C=O) groups excluding carboxylic acids is 2. The van der Waals surface area contributed by atoms with Gasteiger partial charge in [0.25, 0.3) is 0 Å². The lowest BCUT2D eigenvalue weighted by molar-refractivity contribution is -0.870. The van der Waals surface area contributed by atoms with Gasteiger partial charge in [0.15, 0.2) is 6.10 Å². The van der Waals surface area contributed by atoms with Crippen LogP contribution >= 0.6 is 7.82 Å². The first kappa shape index (κ1) is 76.7.